The second-order valence-corrected chi connectivity index (χ2v) is 8.85. The average molecular weight is 491 g/mol. The van der Waals surface area contributed by atoms with Gasteiger partial charge in [-0.15, -0.1) is 0 Å². The standard InChI is InChI=1S/C27H30N4O5/c1-29(19-20-9-11-21(12-10-20)31-14-6-13-28-31)24(32)17-27(22-7-4-5-8-23(22)36-3)18-25(33)30(26(27)34)15-16-35-2/h4-14H,15-19H2,1-3H3/t27-/m1/s1. The molecule has 9 nitrogen and oxygen atoms in total. The summed E-state index contributed by atoms with van der Waals surface area (Å²) in [6.45, 7) is 0.718. The number of aromatic nitrogens is 2. The highest BCUT2D eigenvalue weighted by Crippen LogP contribution is 2.44. The molecular weight excluding hydrogens is 460 g/mol. The van der Waals surface area contributed by atoms with Crippen LogP contribution < -0.4 is 4.74 Å². The molecule has 1 saturated heterocycles. The normalized spacial score (nSPS) is 17.5. The highest BCUT2D eigenvalue weighted by molar-refractivity contribution is 6.11. The van der Waals surface area contributed by atoms with Gasteiger partial charge in [-0.1, -0.05) is 30.3 Å². The number of carbonyl (C=O) groups excluding carboxylic acids is 3. The molecule has 4 rings (SSSR count). The Morgan fingerprint density at radius 2 is 1.83 bits per heavy atom. The van der Waals surface area contributed by atoms with Gasteiger partial charge in [0.1, 0.15) is 5.75 Å². The molecule has 1 aromatic heterocycles. The van der Waals surface area contributed by atoms with Gasteiger partial charge in [-0.3, -0.25) is 19.3 Å². The van der Waals surface area contributed by atoms with Crippen molar-refractivity contribution >= 4 is 17.7 Å². The van der Waals surface area contributed by atoms with Crippen LogP contribution in [0.1, 0.15) is 24.0 Å². The lowest BCUT2D eigenvalue weighted by molar-refractivity contribution is -0.143. The van der Waals surface area contributed by atoms with Gasteiger partial charge in [0.15, 0.2) is 0 Å². The second-order valence-electron chi connectivity index (χ2n) is 8.85. The summed E-state index contributed by atoms with van der Waals surface area (Å²) in [5.74, 6) is -0.504. The summed E-state index contributed by atoms with van der Waals surface area (Å²) in [5, 5.41) is 4.22. The molecule has 1 atom stereocenters. The number of para-hydroxylation sites is 1. The molecular formula is C27H30N4O5. The Morgan fingerprint density at radius 3 is 2.50 bits per heavy atom. The first-order valence-corrected chi connectivity index (χ1v) is 11.7. The minimum Gasteiger partial charge on any atom is -0.496 e. The van der Waals surface area contributed by atoms with Crippen molar-refractivity contribution in [2.24, 2.45) is 0 Å². The van der Waals surface area contributed by atoms with E-state index in [2.05, 4.69) is 5.10 Å². The SMILES string of the molecule is COCCN1C(=O)C[C@](CC(=O)N(C)Cc2ccc(-n3cccn3)cc2)(c2ccccc2OC)C1=O. The van der Waals surface area contributed by atoms with Crippen LogP contribution in [0.25, 0.3) is 5.69 Å². The Bertz CT molecular complexity index is 1230. The molecule has 0 radical (unpaired) electrons. The van der Waals surface area contributed by atoms with Gasteiger partial charge in [0.05, 0.1) is 31.4 Å². The number of carbonyl (C=O) groups is 3. The van der Waals surface area contributed by atoms with Gasteiger partial charge in [0.25, 0.3) is 0 Å². The van der Waals surface area contributed by atoms with E-state index >= 15 is 0 Å². The minimum atomic E-state index is -1.34. The molecule has 1 aliphatic heterocycles. The summed E-state index contributed by atoms with van der Waals surface area (Å²) in [6, 6.07) is 16.7. The third-order valence-corrected chi connectivity index (χ3v) is 6.55. The van der Waals surface area contributed by atoms with Crippen molar-refractivity contribution in [1.29, 1.82) is 0 Å². The molecule has 0 N–H and O–H groups in total. The van der Waals surface area contributed by atoms with Gasteiger partial charge in [0.2, 0.25) is 17.7 Å². The number of hydrogen-bond donors (Lipinski definition) is 0. The van der Waals surface area contributed by atoms with Crippen molar-refractivity contribution < 1.29 is 23.9 Å². The van der Waals surface area contributed by atoms with Gasteiger partial charge in [0, 0.05) is 51.5 Å². The summed E-state index contributed by atoms with van der Waals surface area (Å²) in [4.78, 5) is 42.9. The van der Waals surface area contributed by atoms with E-state index in [1.165, 1.54) is 19.1 Å². The smallest absolute Gasteiger partial charge is 0.241 e. The highest BCUT2D eigenvalue weighted by atomic mass is 16.5. The second kappa shape index (κ2) is 10.7. The number of hydrogen-bond acceptors (Lipinski definition) is 6. The molecule has 2 aromatic carbocycles. The maximum Gasteiger partial charge on any atom is 0.241 e. The van der Waals surface area contributed by atoms with Crippen molar-refractivity contribution in [1.82, 2.24) is 19.6 Å². The third kappa shape index (κ3) is 4.87. The lowest BCUT2D eigenvalue weighted by Gasteiger charge is -2.30. The largest absolute Gasteiger partial charge is 0.496 e. The van der Waals surface area contributed by atoms with E-state index in [4.69, 9.17) is 9.47 Å². The Balaban J connectivity index is 1.57. The predicted molar refractivity (Wildman–Crippen MR) is 133 cm³/mol. The molecule has 9 heteroatoms. The van der Waals surface area contributed by atoms with Gasteiger partial charge >= 0.3 is 0 Å². The van der Waals surface area contributed by atoms with Gasteiger partial charge < -0.3 is 14.4 Å². The van der Waals surface area contributed by atoms with Gasteiger partial charge in [-0.05, 0) is 29.8 Å². The Hall–Kier alpha value is -3.98. The Kier molecular flexibility index (Phi) is 7.49. The van der Waals surface area contributed by atoms with Crippen LogP contribution in [-0.4, -0.2) is 71.7 Å². The maximum atomic E-state index is 13.7. The molecule has 1 fully saturated rings. The summed E-state index contributed by atoms with van der Waals surface area (Å²) >= 11 is 0. The van der Waals surface area contributed by atoms with Crippen LogP contribution in [0.5, 0.6) is 5.75 Å². The number of nitrogens with zero attached hydrogens (tertiary/aromatic N) is 4. The van der Waals surface area contributed by atoms with Crippen molar-refractivity contribution in [3.8, 4) is 11.4 Å². The third-order valence-electron chi connectivity index (χ3n) is 6.55. The molecule has 0 spiro atoms. The zero-order valence-electron chi connectivity index (χ0n) is 20.7. The van der Waals surface area contributed by atoms with E-state index in [1.807, 2.05) is 36.5 Å². The minimum absolute atomic E-state index is 0.103. The molecule has 188 valence electrons. The fourth-order valence-corrected chi connectivity index (χ4v) is 4.62. The van der Waals surface area contributed by atoms with Crippen molar-refractivity contribution in [3.05, 3.63) is 78.1 Å². The lowest BCUT2D eigenvalue weighted by atomic mass is 9.75. The van der Waals surface area contributed by atoms with E-state index < -0.39 is 11.3 Å². The highest BCUT2D eigenvalue weighted by Gasteiger charge is 2.55. The fraction of sp³-hybridized carbons (Fsp3) is 0.333. The topological polar surface area (TPSA) is 94.0 Å². The zero-order chi connectivity index (χ0) is 25.7. The first-order valence-electron chi connectivity index (χ1n) is 11.7. The van der Waals surface area contributed by atoms with Gasteiger partial charge in [-0.25, -0.2) is 4.68 Å². The van der Waals surface area contributed by atoms with E-state index in [0.717, 1.165) is 11.3 Å². The number of imide groups is 1. The number of ether oxygens (including phenoxy) is 2. The number of methoxy groups -OCH3 is 2. The summed E-state index contributed by atoms with van der Waals surface area (Å²) < 4.78 is 12.4. The molecule has 36 heavy (non-hydrogen) atoms. The molecule has 0 bridgehead atoms. The van der Waals surface area contributed by atoms with Crippen LogP contribution in [-0.2, 0) is 31.1 Å². The van der Waals surface area contributed by atoms with Gasteiger partial charge in [-0.2, -0.15) is 5.10 Å². The molecule has 1 aliphatic rings. The molecule has 0 unspecified atom stereocenters. The van der Waals surface area contributed by atoms with E-state index in [1.54, 1.807) is 47.1 Å². The van der Waals surface area contributed by atoms with Crippen molar-refractivity contribution in [3.63, 3.8) is 0 Å². The molecule has 0 aliphatic carbocycles. The van der Waals surface area contributed by atoms with Crippen LogP contribution in [0.3, 0.4) is 0 Å². The number of likely N-dealkylation sites (tertiary alicyclic amines) is 1. The van der Waals surface area contributed by atoms with Crippen LogP contribution in [0.2, 0.25) is 0 Å². The van der Waals surface area contributed by atoms with Crippen LogP contribution >= 0.6 is 0 Å². The van der Waals surface area contributed by atoms with E-state index in [0.29, 0.717) is 17.9 Å². The quantitative estimate of drug-likeness (QED) is 0.406. The summed E-state index contributed by atoms with van der Waals surface area (Å²) in [6.07, 6.45) is 3.32. The number of rotatable bonds is 10. The summed E-state index contributed by atoms with van der Waals surface area (Å²) in [5.41, 5.74) is 1.05. The first-order chi connectivity index (χ1) is 17.4. The summed E-state index contributed by atoms with van der Waals surface area (Å²) in [7, 11) is 4.72. The molecule has 2 heterocycles. The zero-order valence-corrected chi connectivity index (χ0v) is 20.7. The first kappa shape index (κ1) is 25.1. The number of benzene rings is 2. The van der Waals surface area contributed by atoms with E-state index in [9.17, 15) is 14.4 Å². The van der Waals surface area contributed by atoms with Crippen LogP contribution in [0, 0.1) is 0 Å². The van der Waals surface area contributed by atoms with Crippen LogP contribution in [0.4, 0.5) is 0 Å². The average Bonchev–Trinajstić information content (AvgIpc) is 3.51. The Morgan fingerprint density at radius 1 is 1.08 bits per heavy atom. The molecule has 3 amide bonds. The lowest BCUT2D eigenvalue weighted by Crippen LogP contribution is -2.43. The van der Waals surface area contributed by atoms with E-state index in [-0.39, 0.29) is 37.8 Å². The molecule has 0 saturated carbocycles. The monoisotopic (exact) mass is 490 g/mol. The Labute approximate surface area is 210 Å². The fourth-order valence-electron chi connectivity index (χ4n) is 4.62. The van der Waals surface area contributed by atoms with Crippen molar-refractivity contribution in [2.45, 2.75) is 24.8 Å². The van der Waals surface area contributed by atoms with Crippen LogP contribution in [0.15, 0.2) is 67.0 Å². The maximum absolute atomic E-state index is 13.7. The molecule has 3 aromatic rings. The van der Waals surface area contributed by atoms with Crippen molar-refractivity contribution in [2.75, 3.05) is 34.4 Å². The number of amides is 3. The predicted octanol–water partition coefficient (Wildman–Crippen LogP) is 2.57.